The molecule has 31 heavy (non-hydrogen) atoms. The van der Waals surface area contributed by atoms with Gasteiger partial charge in [0.15, 0.2) is 0 Å². The SMILES string of the molecule is Cc1cc(C(=O)NNC(=O)Cn2cnc3ccccc3c2=O)c(C)n1-c1ccccc1. The number of nitrogens with zero attached hydrogens (tertiary/aromatic N) is 3. The standard InChI is InChI=1S/C23H21N5O3/c1-15-12-19(16(2)28(15)17-8-4-3-5-9-17)22(30)26-25-21(29)13-27-14-24-20-11-7-6-10-18(20)23(27)31/h3-12,14H,13H2,1-2H3,(H,25,29)(H,26,30). The Kier molecular flexibility index (Phi) is 5.36. The van der Waals surface area contributed by atoms with Crippen molar-refractivity contribution >= 4 is 22.7 Å². The van der Waals surface area contributed by atoms with Gasteiger partial charge in [-0.3, -0.25) is 29.8 Å². The minimum Gasteiger partial charge on any atom is -0.318 e. The van der Waals surface area contributed by atoms with Gasteiger partial charge in [0.1, 0.15) is 6.54 Å². The summed E-state index contributed by atoms with van der Waals surface area (Å²) in [6.45, 7) is 3.49. The quantitative estimate of drug-likeness (QED) is 0.500. The molecule has 2 amide bonds. The first-order valence-corrected chi connectivity index (χ1v) is 9.73. The van der Waals surface area contributed by atoms with Crippen molar-refractivity contribution < 1.29 is 9.59 Å². The van der Waals surface area contributed by atoms with Gasteiger partial charge in [0.2, 0.25) is 0 Å². The van der Waals surface area contributed by atoms with E-state index < -0.39 is 11.8 Å². The molecule has 0 aliphatic heterocycles. The number of carbonyl (C=O) groups is 2. The molecule has 0 aliphatic rings. The molecule has 0 spiro atoms. The molecule has 4 aromatic rings. The van der Waals surface area contributed by atoms with Gasteiger partial charge >= 0.3 is 0 Å². The zero-order chi connectivity index (χ0) is 22.0. The molecule has 0 atom stereocenters. The summed E-state index contributed by atoms with van der Waals surface area (Å²) in [4.78, 5) is 41.6. The maximum Gasteiger partial charge on any atom is 0.271 e. The van der Waals surface area contributed by atoms with Crippen molar-refractivity contribution in [1.82, 2.24) is 25.0 Å². The normalized spacial score (nSPS) is 10.8. The third kappa shape index (κ3) is 3.95. The molecule has 0 bridgehead atoms. The number of para-hydroxylation sites is 2. The number of hydrogen-bond donors (Lipinski definition) is 2. The summed E-state index contributed by atoms with van der Waals surface area (Å²) in [5.41, 5.74) is 8.08. The zero-order valence-electron chi connectivity index (χ0n) is 17.1. The highest BCUT2D eigenvalue weighted by Crippen LogP contribution is 2.20. The molecule has 0 saturated carbocycles. The molecule has 0 radical (unpaired) electrons. The molecule has 2 N–H and O–H groups in total. The predicted octanol–water partition coefficient (Wildman–Crippen LogP) is 2.27. The summed E-state index contributed by atoms with van der Waals surface area (Å²) in [5, 5.41) is 0.426. The molecule has 0 saturated heterocycles. The Hall–Kier alpha value is -4.20. The molecule has 2 aromatic carbocycles. The van der Waals surface area contributed by atoms with E-state index >= 15 is 0 Å². The summed E-state index contributed by atoms with van der Waals surface area (Å²) >= 11 is 0. The van der Waals surface area contributed by atoms with Gasteiger partial charge in [-0.25, -0.2) is 4.98 Å². The molecule has 2 heterocycles. The summed E-state index contributed by atoms with van der Waals surface area (Å²) in [7, 11) is 0. The lowest BCUT2D eigenvalue weighted by molar-refractivity contribution is -0.122. The number of nitrogens with one attached hydrogen (secondary N) is 2. The smallest absolute Gasteiger partial charge is 0.271 e. The van der Waals surface area contributed by atoms with E-state index in [1.807, 2.05) is 48.7 Å². The maximum absolute atomic E-state index is 12.6. The first-order chi connectivity index (χ1) is 15.0. The lowest BCUT2D eigenvalue weighted by atomic mass is 10.2. The van der Waals surface area contributed by atoms with E-state index in [1.54, 1.807) is 30.3 Å². The number of aryl methyl sites for hydroxylation is 1. The molecule has 0 unspecified atom stereocenters. The minimum absolute atomic E-state index is 0.264. The van der Waals surface area contributed by atoms with Gasteiger partial charge in [0.25, 0.3) is 17.4 Å². The van der Waals surface area contributed by atoms with E-state index in [4.69, 9.17) is 0 Å². The van der Waals surface area contributed by atoms with Gasteiger partial charge < -0.3 is 4.57 Å². The Morgan fingerprint density at radius 1 is 0.968 bits per heavy atom. The van der Waals surface area contributed by atoms with Crippen LogP contribution in [0.1, 0.15) is 21.7 Å². The fourth-order valence-corrected chi connectivity index (χ4v) is 3.57. The van der Waals surface area contributed by atoms with E-state index in [-0.39, 0.29) is 12.1 Å². The average Bonchev–Trinajstić information content (AvgIpc) is 3.08. The number of hydrogen-bond acceptors (Lipinski definition) is 4. The van der Waals surface area contributed by atoms with Gasteiger partial charge in [-0.15, -0.1) is 0 Å². The lowest BCUT2D eigenvalue weighted by Gasteiger charge is -2.11. The third-order valence-electron chi connectivity index (χ3n) is 5.05. The first kappa shape index (κ1) is 20.1. The van der Waals surface area contributed by atoms with Crippen LogP contribution in [-0.4, -0.2) is 25.9 Å². The van der Waals surface area contributed by atoms with Gasteiger partial charge in [-0.05, 0) is 44.2 Å². The van der Waals surface area contributed by atoms with Crippen LogP contribution < -0.4 is 16.4 Å². The number of aromatic nitrogens is 3. The molecule has 4 rings (SSSR count). The van der Waals surface area contributed by atoms with E-state index in [2.05, 4.69) is 15.8 Å². The van der Waals surface area contributed by atoms with Crippen LogP contribution in [0.25, 0.3) is 16.6 Å². The number of rotatable bonds is 4. The number of amides is 2. The molecule has 0 fully saturated rings. The molecule has 2 aromatic heterocycles. The van der Waals surface area contributed by atoms with Crippen molar-refractivity contribution in [2.45, 2.75) is 20.4 Å². The van der Waals surface area contributed by atoms with Crippen LogP contribution in [-0.2, 0) is 11.3 Å². The van der Waals surface area contributed by atoms with Crippen molar-refractivity contribution in [2.24, 2.45) is 0 Å². The van der Waals surface area contributed by atoms with Crippen LogP contribution in [0.5, 0.6) is 0 Å². The molecular weight excluding hydrogens is 394 g/mol. The lowest BCUT2D eigenvalue weighted by Crippen LogP contribution is -2.44. The highest BCUT2D eigenvalue weighted by Gasteiger charge is 2.17. The monoisotopic (exact) mass is 415 g/mol. The van der Waals surface area contributed by atoms with Crippen LogP contribution in [0.2, 0.25) is 0 Å². The Balaban J connectivity index is 1.45. The summed E-state index contributed by atoms with van der Waals surface area (Å²) < 4.78 is 3.17. The predicted molar refractivity (Wildman–Crippen MR) is 117 cm³/mol. The largest absolute Gasteiger partial charge is 0.318 e. The fourth-order valence-electron chi connectivity index (χ4n) is 3.57. The van der Waals surface area contributed by atoms with Crippen molar-refractivity contribution in [1.29, 1.82) is 0 Å². The fraction of sp³-hybridized carbons (Fsp3) is 0.130. The van der Waals surface area contributed by atoms with E-state index in [9.17, 15) is 14.4 Å². The Bertz CT molecular complexity index is 1340. The second-order valence-electron chi connectivity index (χ2n) is 7.15. The molecule has 8 heteroatoms. The molecule has 156 valence electrons. The number of carbonyl (C=O) groups excluding carboxylic acids is 2. The van der Waals surface area contributed by atoms with Crippen molar-refractivity contribution in [2.75, 3.05) is 0 Å². The van der Waals surface area contributed by atoms with Crippen LogP contribution in [0.4, 0.5) is 0 Å². The second-order valence-corrected chi connectivity index (χ2v) is 7.15. The topological polar surface area (TPSA) is 98.0 Å². The average molecular weight is 415 g/mol. The Morgan fingerprint density at radius 2 is 1.68 bits per heavy atom. The van der Waals surface area contributed by atoms with Crippen molar-refractivity contribution in [3.63, 3.8) is 0 Å². The van der Waals surface area contributed by atoms with E-state index in [0.717, 1.165) is 17.1 Å². The number of hydrazine groups is 1. The summed E-state index contributed by atoms with van der Waals surface area (Å²) in [5.74, 6) is -0.975. The van der Waals surface area contributed by atoms with Crippen molar-refractivity contribution in [3.8, 4) is 5.69 Å². The zero-order valence-corrected chi connectivity index (χ0v) is 17.1. The van der Waals surface area contributed by atoms with Crippen LogP contribution in [0.3, 0.4) is 0 Å². The summed E-state index contributed by atoms with van der Waals surface area (Å²) in [6.07, 6.45) is 1.32. The van der Waals surface area contributed by atoms with Crippen LogP contribution >= 0.6 is 0 Å². The van der Waals surface area contributed by atoms with E-state index in [0.29, 0.717) is 16.5 Å². The van der Waals surface area contributed by atoms with Crippen LogP contribution in [0, 0.1) is 13.8 Å². The Morgan fingerprint density at radius 3 is 2.45 bits per heavy atom. The van der Waals surface area contributed by atoms with E-state index in [1.165, 1.54) is 10.9 Å². The minimum atomic E-state index is -0.538. The van der Waals surface area contributed by atoms with Gasteiger partial charge in [-0.2, -0.15) is 0 Å². The number of benzene rings is 2. The maximum atomic E-state index is 12.6. The molecule has 0 aliphatic carbocycles. The molecular formula is C23H21N5O3. The number of fused-ring (bicyclic) bond motifs is 1. The van der Waals surface area contributed by atoms with Gasteiger partial charge in [0.05, 0.1) is 22.8 Å². The van der Waals surface area contributed by atoms with Crippen molar-refractivity contribution in [3.05, 3.63) is 94.3 Å². The first-order valence-electron chi connectivity index (χ1n) is 9.73. The third-order valence-corrected chi connectivity index (χ3v) is 5.05. The Labute approximate surface area is 178 Å². The van der Waals surface area contributed by atoms with Gasteiger partial charge in [0, 0.05) is 17.1 Å². The van der Waals surface area contributed by atoms with Crippen LogP contribution in [0.15, 0.2) is 71.8 Å². The summed E-state index contributed by atoms with van der Waals surface area (Å²) in [6, 6.07) is 18.4. The molecule has 8 nitrogen and oxygen atoms in total. The van der Waals surface area contributed by atoms with Gasteiger partial charge in [-0.1, -0.05) is 30.3 Å². The highest BCUT2D eigenvalue weighted by atomic mass is 16.2. The second kappa shape index (κ2) is 8.27. The highest BCUT2D eigenvalue weighted by molar-refractivity contribution is 5.97.